The Bertz CT molecular complexity index is 179. The number of thioether (sulfide) groups is 1. The zero-order valence-corrected chi connectivity index (χ0v) is 8.62. The molecule has 0 saturated heterocycles. The first-order chi connectivity index (χ1) is 6.31. The van der Waals surface area contributed by atoms with E-state index in [9.17, 15) is 4.79 Å². The van der Waals surface area contributed by atoms with Crippen molar-refractivity contribution in [3.8, 4) is 6.07 Å². The van der Waals surface area contributed by atoms with Crippen LogP contribution in [0, 0.1) is 11.3 Å². The van der Waals surface area contributed by atoms with Gasteiger partial charge in [0.25, 0.3) is 0 Å². The second-order valence-electron chi connectivity index (χ2n) is 2.43. The second kappa shape index (κ2) is 9.36. The van der Waals surface area contributed by atoms with Gasteiger partial charge in [0.1, 0.15) is 0 Å². The maximum atomic E-state index is 11.0. The molecule has 0 aromatic rings. The van der Waals surface area contributed by atoms with Crippen LogP contribution in [0.5, 0.6) is 0 Å². The molecule has 0 unspecified atom stereocenters. The fraction of sp³-hybridized carbons (Fsp3) is 0.750. The molecule has 0 bridgehead atoms. The molecule has 0 rings (SSSR count). The number of carbonyl (C=O) groups is 1. The molecular formula is C8H15N3OS. The van der Waals surface area contributed by atoms with E-state index in [4.69, 9.17) is 5.26 Å². The molecule has 74 valence electrons. The van der Waals surface area contributed by atoms with E-state index in [2.05, 4.69) is 10.6 Å². The van der Waals surface area contributed by atoms with Gasteiger partial charge >= 0.3 is 0 Å². The third kappa shape index (κ3) is 9.18. The number of nitrogens with one attached hydrogen (secondary N) is 2. The summed E-state index contributed by atoms with van der Waals surface area (Å²) in [4.78, 5) is 11.0. The number of hydrogen-bond donors (Lipinski definition) is 2. The van der Waals surface area contributed by atoms with Crippen LogP contribution in [0.3, 0.4) is 0 Å². The number of carbonyl (C=O) groups excluding carboxylic acids is 1. The molecule has 1 amide bonds. The van der Waals surface area contributed by atoms with Gasteiger partial charge in [0.2, 0.25) is 5.91 Å². The highest BCUT2D eigenvalue weighted by Gasteiger charge is 1.97. The highest BCUT2D eigenvalue weighted by Crippen LogP contribution is 1.86. The molecular weight excluding hydrogens is 186 g/mol. The van der Waals surface area contributed by atoms with Gasteiger partial charge in [-0.2, -0.15) is 17.0 Å². The van der Waals surface area contributed by atoms with Crippen LogP contribution in [0.2, 0.25) is 0 Å². The summed E-state index contributed by atoms with van der Waals surface area (Å²) >= 11 is 1.74. The molecule has 0 aromatic carbocycles. The first-order valence-corrected chi connectivity index (χ1v) is 5.54. The van der Waals surface area contributed by atoms with Crippen molar-refractivity contribution in [2.24, 2.45) is 0 Å². The van der Waals surface area contributed by atoms with Crippen LogP contribution < -0.4 is 10.6 Å². The third-order valence-corrected chi connectivity index (χ3v) is 1.94. The smallest absolute Gasteiger partial charge is 0.233 e. The average molecular weight is 201 g/mol. The molecule has 0 aliphatic rings. The second-order valence-corrected chi connectivity index (χ2v) is 3.41. The van der Waals surface area contributed by atoms with E-state index in [1.54, 1.807) is 11.8 Å². The Morgan fingerprint density at radius 2 is 2.31 bits per heavy atom. The predicted molar refractivity (Wildman–Crippen MR) is 54.5 cm³/mol. The molecule has 0 radical (unpaired) electrons. The first-order valence-electron chi connectivity index (χ1n) is 4.14. The number of amides is 1. The van der Waals surface area contributed by atoms with Crippen LogP contribution >= 0.6 is 11.8 Å². The number of nitriles is 1. The van der Waals surface area contributed by atoms with Crippen molar-refractivity contribution in [3.63, 3.8) is 0 Å². The molecule has 0 aromatic heterocycles. The van der Waals surface area contributed by atoms with Gasteiger partial charge in [0.15, 0.2) is 0 Å². The summed E-state index contributed by atoms with van der Waals surface area (Å²) in [6, 6.07) is 1.96. The van der Waals surface area contributed by atoms with Gasteiger partial charge in [-0.3, -0.25) is 4.79 Å². The van der Waals surface area contributed by atoms with E-state index >= 15 is 0 Å². The minimum Gasteiger partial charge on any atom is -0.354 e. The van der Waals surface area contributed by atoms with E-state index < -0.39 is 0 Å². The molecule has 0 spiro atoms. The molecule has 4 nitrogen and oxygen atoms in total. The fourth-order valence-corrected chi connectivity index (χ4v) is 1.04. The van der Waals surface area contributed by atoms with Crippen LogP contribution in [0.1, 0.15) is 6.42 Å². The Labute approximate surface area is 83.1 Å². The summed E-state index contributed by atoms with van der Waals surface area (Å²) in [5.41, 5.74) is 0. The quantitative estimate of drug-likeness (QED) is 0.568. The van der Waals surface area contributed by atoms with Crippen molar-refractivity contribution in [2.45, 2.75) is 6.42 Å². The molecule has 0 heterocycles. The lowest BCUT2D eigenvalue weighted by atomic mass is 10.4. The summed E-state index contributed by atoms with van der Waals surface area (Å²) in [5, 5.41) is 13.8. The van der Waals surface area contributed by atoms with Gasteiger partial charge in [-0.1, -0.05) is 0 Å². The molecule has 0 atom stereocenters. The summed E-state index contributed by atoms with van der Waals surface area (Å²) in [7, 11) is 0. The van der Waals surface area contributed by atoms with Crippen molar-refractivity contribution in [3.05, 3.63) is 0 Å². The van der Waals surface area contributed by atoms with Crippen molar-refractivity contribution in [2.75, 3.05) is 31.6 Å². The first kappa shape index (κ1) is 12.3. The van der Waals surface area contributed by atoms with Crippen LogP contribution in [0.15, 0.2) is 0 Å². The van der Waals surface area contributed by atoms with Crippen LogP contribution in [-0.2, 0) is 4.79 Å². The maximum Gasteiger partial charge on any atom is 0.233 e. The Morgan fingerprint density at radius 3 is 2.92 bits per heavy atom. The van der Waals surface area contributed by atoms with Gasteiger partial charge in [0, 0.05) is 18.8 Å². The Kier molecular flexibility index (Phi) is 8.83. The highest BCUT2D eigenvalue weighted by atomic mass is 32.2. The molecule has 5 heteroatoms. The standard InChI is InChI=1S/C8H15N3OS/c1-13-6-5-10-7-8(12)11-4-2-3-9/h10H,2,4-7H2,1H3,(H,11,12). The molecule has 2 N–H and O–H groups in total. The number of nitrogens with zero attached hydrogens (tertiary/aromatic N) is 1. The zero-order valence-electron chi connectivity index (χ0n) is 7.80. The summed E-state index contributed by atoms with van der Waals surface area (Å²) in [6.07, 6.45) is 2.39. The molecule has 0 saturated carbocycles. The predicted octanol–water partition coefficient (Wildman–Crippen LogP) is -0.0311. The molecule has 0 aliphatic carbocycles. The van der Waals surface area contributed by atoms with Gasteiger partial charge in [0.05, 0.1) is 19.0 Å². The van der Waals surface area contributed by atoms with E-state index in [1.165, 1.54) is 0 Å². The number of hydrogen-bond acceptors (Lipinski definition) is 4. The Morgan fingerprint density at radius 1 is 1.54 bits per heavy atom. The van der Waals surface area contributed by atoms with Gasteiger partial charge in [-0.25, -0.2) is 0 Å². The van der Waals surface area contributed by atoms with Crippen molar-refractivity contribution in [1.82, 2.24) is 10.6 Å². The van der Waals surface area contributed by atoms with Crippen molar-refractivity contribution in [1.29, 1.82) is 5.26 Å². The van der Waals surface area contributed by atoms with Crippen molar-refractivity contribution >= 4 is 17.7 Å². The normalized spacial score (nSPS) is 9.23. The monoisotopic (exact) mass is 201 g/mol. The zero-order chi connectivity index (χ0) is 9.94. The SMILES string of the molecule is CSCCNCC(=O)NCCC#N. The lowest BCUT2D eigenvalue weighted by Crippen LogP contribution is -2.35. The fourth-order valence-electron chi connectivity index (χ4n) is 0.696. The number of rotatable bonds is 7. The lowest BCUT2D eigenvalue weighted by Gasteiger charge is -2.03. The van der Waals surface area contributed by atoms with Gasteiger partial charge < -0.3 is 10.6 Å². The largest absolute Gasteiger partial charge is 0.354 e. The minimum atomic E-state index is -0.0450. The van der Waals surface area contributed by atoms with Crippen LogP contribution in [-0.4, -0.2) is 37.6 Å². The lowest BCUT2D eigenvalue weighted by molar-refractivity contribution is -0.120. The van der Waals surface area contributed by atoms with Crippen LogP contribution in [0.4, 0.5) is 0 Å². The van der Waals surface area contributed by atoms with Gasteiger partial charge in [-0.15, -0.1) is 0 Å². The average Bonchev–Trinajstić information content (AvgIpc) is 2.13. The minimum absolute atomic E-state index is 0.0450. The maximum absolute atomic E-state index is 11.0. The topological polar surface area (TPSA) is 64.9 Å². The van der Waals surface area contributed by atoms with E-state index in [0.29, 0.717) is 19.5 Å². The Balaban J connectivity index is 3.16. The van der Waals surface area contributed by atoms with E-state index in [0.717, 1.165) is 12.3 Å². The third-order valence-electron chi connectivity index (χ3n) is 1.33. The van der Waals surface area contributed by atoms with Crippen molar-refractivity contribution < 1.29 is 4.79 Å². The highest BCUT2D eigenvalue weighted by molar-refractivity contribution is 7.98. The molecule has 0 aliphatic heterocycles. The van der Waals surface area contributed by atoms with E-state index in [-0.39, 0.29) is 5.91 Å². The summed E-state index contributed by atoms with van der Waals surface area (Å²) in [6.45, 7) is 1.62. The Hall–Kier alpha value is -0.730. The molecule has 13 heavy (non-hydrogen) atoms. The van der Waals surface area contributed by atoms with E-state index in [1.807, 2.05) is 12.3 Å². The summed E-state index contributed by atoms with van der Waals surface area (Å²) in [5.74, 6) is 0.960. The van der Waals surface area contributed by atoms with Gasteiger partial charge in [-0.05, 0) is 6.26 Å². The molecule has 0 fully saturated rings. The summed E-state index contributed by atoms with van der Waals surface area (Å²) < 4.78 is 0. The van der Waals surface area contributed by atoms with Crippen LogP contribution in [0.25, 0.3) is 0 Å².